The van der Waals surface area contributed by atoms with Crippen LogP contribution in [0, 0.1) is 13.8 Å². The van der Waals surface area contributed by atoms with Gasteiger partial charge in [-0.05, 0) is 55.8 Å². The number of hydrogen-bond acceptors (Lipinski definition) is 6. The zero-order valence-electron chi connectivity index (χ0n) is 18.8. The van der Waals surface area contributed by atoms with Crippen molar-refractivity contribution in [2.24, 2.45) is 0 Å². The predicted octanol–water partition coefficient (Wildman–Crippen LogP) is 4.14. The van der Waals surface area contributed by atoms with Crippen molar-refractivity contribution < 1.29 is 27.4 Å². The molecule has 0 unspecified atom stereocenters. The maximum Gasteiger partial charge on any atom is 0.262 e. The summed E-state index contributed by atoms with van der Waals surface area (Å²) >= 11 is 0. The Kier molecular flexibility index (Phi) is 7.44. The molecule has 174 valence electrons. The lowest BCUT2D eigenvalue weighted by molar-refractivity contribution is -0.118. The van der Waals surface area contributed by atoms with Gasteiger partial charge in [0.05, 0.1) is 30.5 Å². The van der Waals surface area contributed by atoms with Gasteiger partial charge in [-0.1, -0.05) is 29.8 Å². The van der Waals surface area contributed by atoms with Crippen LogP contribution < -0.4 is 24.2 Å². The normalized spacial score (nSPS) is 10.9. The molecule has 0 bridgehead atoms. The lowest BCUT2D eigenvalue weighted by Crippen LogP contribution is -2.21. The summed E-state index contributed by atoms with van der Waals surface area (Å²) in [5, 5.41) is 2.66. The summed E-state index contributed by atoms with van der Waals surface area (Å²) in [6.45, 7) is 3.62. The summed E-state index contributed by atoms with van der Waals surface area (Å²) in [5.41, 5.74) is 2.50. The SMILES string of the molecule is COc1ccc(S(=O)(=O)Nc2ccccc2OC)cc1NC(=O)COc1ccc(C)cc1C. The van der Waals surface area contributed by atoms with Gasteiger partial charge in [-0.15, -0.1) is 0 Å². The van der Waals surface area contributed by atoms with Crippen LogP contribution in [0.2, 0.25) is 0 Å². The van der Waals surface area contributed by atoms with Crippen molar-refractivity contribution in [2.45, 2.75) is 18.7 Å². The molecule has 0 heterocycles. The Bertz CT molecular complexity index is 1260. The lowest BCUT2D eigenvalue weighted by atomic mass is 10.1. The fraction of sp³-hybridized carbons (Fsp3) is 0.208. The number of ether oxygens (including phenoxy) is 3. The average Bonchev–Trinajstić information content (AvgIpc) is 2.78. The van der Waals surface area contributed by atoms with Gasteiger partial charge in [0.1, 0.15) is 17.2 Å². The number of amides is 1. The smallest absolute Gasteiger partial charge is 0.262 e. The maximum absolute atomic E-state index is 12.9. The van der Waals surface area contributed by atoms with E-state index in [2.05, 4.69) is 10.0 Å². The van der Waals surface area contributed by atoms with Gasteiger partial charge in [-0.3, -0.25) is 9.52 Å². The molecular formula is C24H26N2O6S. The number of para-hydroxylation sites is 2. The fourth-order valence-electron chi connectivity index (χ4n) is 3.18. The standard InChI is InChI=1S/C24H26N2O6S/c1-16-9-11-21(17(2)13-16)32-15-24(27)25-20-14-18(10-12-23(20)31-4)33(28,29)26-19-7-5-6-8-22(19)30-3/h5-14,26H,15H2,1-4H3,(H,25,27). The number of sulfonamides is 1. The van der Waals surface area contributed by atoms with Gasteiger partial charge in [-0.25, -0.2) is 8.42 Å². The summed E-state index contributed by atoms with van der Waals surface area (Å²) in [6.07, 6.45) is 0. The van der Waals surface area contributed by atoms with Crippen LogP contribution in [0.5, 0.6) is 17.2 Å². The molecule has 3 rings (SSSR count). The minimum Gasteiger partial charge on any atom is -0.495 e. The largest absolute Gasteiger partial charge is 0.495 e. The topological polar surface area (TPSA) is 103 Å². The fourth-order valence-corrected chi connectivity index (χ4v) is 4.27. The molecule has 3 aromatic rings. The van der Waals surface area contributed by atoms with Crippen LogP contribution in [0.3, 0.4) is 0 Å². The Labute approximate surface area is 193 Å². The molecule has 0 spiro atoms. The molecule has 2 N–H and O–H groups in total. The van der Waals surface area contributed by atoms with Gasteiger partial charge in [-0.2, -0.15) is 0 Å². The minimum atomic E-state index is -3.96. The van der Waals surface area contributed by atoms with Crippen LogP contribution in [0.1, 0.15) is 11.1 Å². The molecule has 0 aromatic heterocycles. The molecule has 9 heteroatoms. The number of hydrogen-bond donors (Lipinski definition) is 2. The van der Waals surface area contributed by atoms with E-state index >= 15 is 0 Å². The Morgan fingerprint density at radius 2 is 1.52 bits per heavy atom. The molecule has 0 saturated carbocycles. The third-order valence-electron chi connectivity index (χ3n) is 4.80. The molecule has 0 aliphatic heterocycles. The molecule has 33 heavy (non-hydrogen) atoms. The zero-order valence-corrected chi connectivity index (χ0v) is 19.7. The highest BCUT2D eigenvalue weighted by atomic mass is 32.2. The van der Waals surface area contributed by atoms with Crippen LogP contribution in [0.4, 0.5) is 11.4 Å². The molecule has 3 aromatic carbocycles. The first kappa shape index (κ1) is 23.9. The molecule has 0 aliphatic carbocycles. The van der Waals surface area contributed by atoms with Crippen molar-refractivity contribution in [1.82, 2.24) is 0 Å². The molecule has 8 nitrogen and oxygen atoms in total. The zero-order chi connectivity index (χ0) is 24.0. The van der Waals surface area contributed by atoms with Crippen LogP contribution in [-0.4, -0.2) is 35.2 Å². The van der Waals surface area contributed by atoms with Gasteiger partial charge in [0, 0.05) is 0 Å². The molecule has 0 aliphatic rings. The van der Waals surface area contributed by atoms with E-state index in [4.69, 9.17) is 14.2 Å². The number of carbonyl (C=O) groups excluding carboxylic acids is 1. The minimum absolute atomic E-state index is 0.0557. The van der Waals surface area contributed by atoms with Gasteiger partial charge in [0.25, 0.3) is 15.9 Å². The second-order valence-corrected chi connectivity index (χ2v) is 8.96. The number of nitrogens with one attached hydrogen (secondary N) is 2. The first-order valence-corrected chi connectivity index (χ1v) is 11.6. The number of methoxy groups -OCH3 is 2. The van der Waals surface area contributed by atoms with E-state index in [9.17, 15) is 13.2 Å². The Hall–Kier alpha value is -3.72. The highest BCUT2D eigenvalue weighted by Crippen LogP contribution is 2.30. The van der Waals surface area contributed by atoms with Crippen molar-refractivity contribution in [3.8, 4) is 17.2 Å². The van der Waals surface area contributed by atoms with Gasteiger partial charge >= 0.3 is 0 Å². The quantitative estimate of drug-likeness (QED) is 0.487. The average molecular weight is 471 g/mol. The predicted molar refractivity (Wildman–Crippen MR) is 127 cm³/mol. The Balaban J connectivity index is 1.77. The van der Waals surface area contributed by atoms with Gasteiger partial charge in [0.2, 0.25) is 0 Å². The van der Waals surface area contributed by atoms with Crippen molar-refractivity contribution >= 4 is 27.3 Å². The van der Waals surface area contributed by atoms with Crippen LogP contribution in [0.25, 0.3) is 0 Å². The van der Waals surface area contributed by atoms with Crippen molar-refractivity contribution in [1.29, 1.82) is 0 Å². The van der Waals surface area contributed by atoms with E-state index in [1.165, 1.54) is 32.4 Å². The third kappa shape index (κ3) is 5.95. The summed E-state index contributed by atoms with van der Waals surface area (Å²) in [6, 6.07) is 16.5. The molecule has 1 amide bonds. The summed E-state index contributed by atoms with van der Waals surface area (Å²) in [4.78, 5) is 12.4. The number of anilines is 2. The number of rotatable bonds is 9. The van der Waals surface area contributed by atoms with Crippen LogP contribution >= 0.6 is 0 Å². The summed E-state index contributed by atoms with van der Waals surface area (Å²) in [5.74, 6) is 0.832. The van der Waals surface area contributed by atoms with E-state index in [0.29, 0.717) is 22.9 Å². The third-order valence-corrected chi connectivity index (χ3v) is 6.16. The molecule has 0 saturated heterocycles. The van der Waals surface area contributed by atoms with Crippen molar-refractivity contribution in [3.05, 3.63) is 71.8 Å². The number of benzene rings is 3. The van der Waals surface area contributed by atoms with E-state index in [-0.39, 0.29) is 17.2 Å². The molecule has 0 radical (unpaired) electrons. The lowest BCUT2D eigenvalue weighted by Gasteiger charge is -2.15. The summed E-state index contributed by atoms with van der Waals surface area (Å²) < 4.78 is 44.5. The van der Waals surface area contributed by atoms with E-state index < -0.39 is 15.9 Å². The molecule has 0 fully saturated rings. The van der Waals surface area contributed by atoms with Crippen LogP contribution in [-0.2, 0) is 14.8 Å². The van der Waals surface area contributed by atoms with Gasteiger partial charge in [0.15, 0.2) is 6.61 Å². The highest BCUT2D eigenvalue weighted by Gasteiger charge is 2.19. The Morgan fingerprint density at radius 1 is 0.848 bits per heavy atom. The highest BCUT2D eigenvalue weighted by molar-refractivity contribution is 7.92. The van der Waals surface area contributed by atoms with E-state index in [1.54, 1.807) is 30.3 Å². The monoisotopic (exact) mass is 470 g/mol. The second kappa shape index (κ2) is 10.3. The van der Waals surface area contributed by atoms with Crippen LogP contribution in [0.15, 0.2) is 65.6 Å². The first-order valence-electron chi connectivity index (χ1n) is 10.1. The van der Waals surface area contributed by atoms with Crippen molar-refractivity contribution in [2.75, 3.05) is 30.9 Å². The van der Waals surface area contributed by atoms with E-state index in [1.807, 2.05) is 26.0 Å². The first-order chi connectivity index (χ1) is 15.7. The number of carbonyl (C=O) groups is 1. The molecular weight excluding hydrogens is 444 g/mol. The number of aryl methyl sites for hydroxylation is 2. The summed E-state index contributed by atoms with van der Waals surface area (Å²) in [7, 11) is -1.08. The second-order valence-electron chi connectivity index (χ2n) is 7.27. The van der Waals surface area contributed by atoms with Crippen molar-refractivity contribution in [3.63, 3.8) is 0 Å². The van der Waals surface area contributed by atoms with Gasteiger partial charge < -0.3 is 19.5 Å². The van der Waals surface area contributed by atoms with E-state index in [0.717, 1.165) is 11.1 Å². The maximum atomic E-state index is 12.9. The Morgan fingerprint density at radius 3 is 2.21 bits per heavy atom. The molecule has 0 atom stereocenters.